The highest BCUT2D eigenvalue weighted by molar-refractivity contribution is 7.16. The first-order valence-electron chi connectivity index (χ1n) is 9.41. The maximum Gasteiger partial charge on any atom is 0.212 e. The Balaban J connectivity index is 1.80. The molecule has 0 aliphatic heterocycles. The van der Waals surface area contributed by atoms with Gasteiger partial charge in [0.05, 0.1) is 11.7 Å². The van der Waals surface area contributed by atoms with Crippen molar-refractivity contribution in [3.05, 3.63) is 47.7 Å². The van der Waals surface area contributed by atoms with Crippen LogP contribution in [-0.4, -0.2) is 23.0 Å². The highest BCUT2D eigenvalue weighted by Gasteiger charge is 2.27. The van der Waals surface area contributed by atoms with E-state index in [0.717, 1.165) is 24.3 Å². The summed E-state index contributed by atoms with van der Waals surface area (Å²) in [5.74, 6) is 1.60. The number of hydrogen-bond donors (Lipinski definition) is 1. The van der Waals surface area contributed by atoms with Crippen molar-refractivity contribution in [2.75, 3.05) is 13.2 Å². The predicted molar refractivity (Wildman–Crippen MR) is 106 cm³/mol. The molecule has 1 aliphatic carbocycles. The molecule has 1 aromatic heterocycles. The van der Waals surface area contributed by atoms with E-state index < -0.39 is 0 Å². The summed E-state index contributed by atoms with van der Waals surface area (Å²) in [6.45, 7) is 1.35. The van der Waals surface area contributed by atoms with Gasteiger partial charge in [0.2, 0.25) is 5.88 Å². The molecule has 0 amide bonds. The summed E-state index contributed by atoms with van der Waals surface area (Å²) in [6.07, 6.45) is 7.69. The van der Waals surface area contributed by atoms with Crippen LogP contribution in [0.4, 0.5) is 0 Å². The first-order valence-corrected chi connectivity index (χ1v) is 10.2. The molecule has 0 radical (unpaired) electrons. The molecular weight excluding hydrogens is 329 g/mol. The van der Waals surface area contributed by atoms with Crippen molar-refractivity contribution in [3.63, 3.8) is 0 Å². The SMILES string of the molecule is CNCc1cc(OCc2ccccc2)n(C(CP)C2CCCCC2)n1. The zero-order valence-electron chi connectivity index (χ0n) is 15.2. The van der Waals surface area contributed by atoms with Crippen LogP contribution in [0.3, 0.4) is 0 Å². The number of hydrogen-bond acceptors (Lipinski definition) is 3. The molecule has 2 aromatic rings. The summed E-state index contributed by atoms with van der Waals surface area (Å²) in [4.78, 5) is 0. The summed E-state index contributed by atoms with van der Waals surface area (Å²) in [5, 5.41) is 8.07. The summed E-state index contributed by atoms with van der Waals surface area (Å²) < 4.78 is 8.34. The molecule has 0 spiro atoms. The average Bonchev–Trinajstić information content (AvgIpc) is 3.05. The minimum absolute atomic E-state index is 0.404. The van der Waals surface area contributed by atoms with Crippen molar-refractivity contribution in [1.82, 2.24) is 15.1 Å². The number of nitrogens with one attached hydrogen (secondary N) is 1. The Labute approximate surface area is 153 Å². The predicted octanol–water partition coefficient (Wildman–Crippen LogP) is 4.18. The summed E-state index contributed by atoms with van der Waals surface area (Å²) in [5.41, 5.74) is 2.23. The number of benzene rings is 1. The van der Waals surface area contributed by atoms with E-state index >= 15 is 0 Å². The van der Waals surface area contributed by atoms with Crippen molar-refractivity contribution in [2.24, 2.45) is 5.92 Å². The number of aromatic nitrogens is 2. The molecule has 136 valence electrons. The van der Waals surface area contributed by atoms with Crippen LogP contribution < -0.4 is 10.1 Å². The number of rotatable bonds is 8. The van der Waals surface area contributed by atoms with Gasteiger partial charge in [-0.1, -0.05) is 49.6 Å². The van der Waals surface area contributed by atoms with E-state index in [1.807, 2.05) is 13.1 Å². The fraction of sp³-hybridized carbons (Fsp3) is 0.550. The Kier molecular flexibility index (Phi) is 6.89. The van der Waals surface area contributed by atoms with Gasteiger partial charge in [-0.2, -0.15) is 5.10 Å². The third kappa shape index (κ3) is 4.83. The lowest BCUT2D eigenvalue weighted by Crippen LogP contribution is -2.25. The van der Waals surface area contributed by atoms with Crippen LogP contribution >= 0.6 is 9.24 Å². The molecule has 2 unspecified atom stereocenters. The van der Waals surface area contributed by atoms with Crippen LogP contribution in [-0.2, 0) is 13.2 Å². The monoisotopic (exact) mass is 359 g/mol. The van der Waals surface area contributed by atoms with Gasteiger partial charge < -0.3 is 10.1 Å². The second-order valence-corrected chi connectivity index (χ2v) is 7.40. The summed E-state index contributed by atoms with van der Waals surface area (Å²) in [6, 6.07) is 12.8. The molecule has 3 rings (SSSR count). The first kappa shape index (κ1) is 18.4. The molecule has 1 aliphatic rings. The molecule has 0 saturated heterocycles. The van der Waals surface area contributed by atoms with Gasteiger partial charge in [-0.15, -0.1) is 9.24 Å². The topological polar surface area (TPSA) is 39.1 Å². The third-order valence-electron chi connectivity index (χ3n) is 5.09. The van der Waals surface area contributed by atoms with Gasteiger partial charge in [0.25, 0.3) is 0 Å². The molecule has 1 fully saturated rings. The lowest BCUT2D eigenvalue weighted by Gasteiger charge is -2.30. The highest BCUT2D eigenvalue weighted by Crippen LogP contribution is 2.36. The minimum Gasteiger partial charge on any atom is -0.473 e. The third-order valence-corrected chi connectivity index (χ3v) is 5.57. The van der Waals surface area contributed by atoms with Crippen LogP contribution in [0.1, 0.15) is 49.4 Å². The van der Waals surface area contributed by atoms with Gasteiger partial charge in [-0.25, -0.2) is 4.68 Å². The van der Waals surface area contributed by atoms with Crippen LogP contribution in [0, 0.1) is 5.92 Å². The van der Waals surface area contributed by atoms with Gasteiger partial charge in [-0.05, 0) is 37.5 Å². The molecule has 2 atom stereocenters. The van der Waals surface area contributed by atoms with Crippen molar-refractivity contribution in [1.29, 1.82) is 0 Å². The van der Waals surface area contributed by atoms with E-state index in [0.29, 0.717) is 18.6 Å². The second kappa shape index (κ2) is 9.35. The van der Waals surface area contributed by atoms with Crippen LogP contribution in [0.15, 0.2) is 36.4 Å². The molecule has 25 heavy (non-hydrogen) atoms. The molecular formula is C20H30N3OP. The van der Waals surface area contributed by atoms with E-state index in [-0.39, 0.29) is 0 Å². The Morgan fingerprint density at radius 3 is 2.68 bits per heavy atom. The molecule has 4 nitrogen and oxygen atoms in total. The van der Waals surface area contributed by atoms with E-state index in [9.17, 15) is 0 Å². The molecule has 1 N–H and O–H groups in total. The quantitative estimate of drug-likeness (QED) is 0.719. The van der Waals surface area contributed by atoms with Gasteiger partial charge in [-0.3, -0.25) is 0 Å². The highest BCUT2D eigenvalue weighted by atomic mass is 31.0. The Bertz CT molecular complexity index is 638. The lowest BCUT2D eigenvalue weighted by molar-refractivity contribution is 0.212. The number of ether oxygens (including phenoxy) is 1. The van der Waals surface area contributed by atoms with E-state index in [4.69, 9.17) is 9.84 Å². The van der Waals surface area contributed by atoms with Crippen LogP contribution in [0.25, 0.3) is 0 Å². The molecule has 5 heteroatoms. The van der Waals surface area contributed by atoms with E-state index in [1.54, 1.807) is 0 Å². The average molecular weight is 359 g/mol. The standard InChI is InChI=1S/C20H30N3OP/c1-21-13-18-12-20(24-14-16-8-4-2-5-9-16)23(22-18)19(15-25)17-10-6-3-7-11-17/h2,4-5,8-9,12,17,19,21H,3,6-7,10-11,13-15,25H2,1H3. The van der Waals surface area contributed by atoms with Crippen molar-refractivity contribution in [2.45, 2.75) is 51.3 Å². The van der Waals surface area contributed by atoms with E-state index in [2.05, 4.69) is 49.6 Å². The summed E-state index contributed by atoms with van der Waals surface area (Å²) >= 11 is 0. The largest absolute Gasteiger partial charge is 0.473 e. The lowest BCUT2D eigenvalue weighted by atomic mass is 9.84. The maximum absolute atomic E-state index is 6.19. The maximum atomic E-state index is 6.19. The first-order chi connectivity index (χ1) is 12.3. The van der Waals surface area contributed by atoms with Crippen molar-refractivity contribution in [3.8, 4) is 5.88 Å². The van der Waals surface area contributed by atoms with Crippen LogP contribution in [0.2, 0.25) is 0 Å². The van der Waals surface area contributed by atoms with Gasteiger partial charge in [0.1, 0.15) is 6.61 Å². The second-order valence-electron chi connectivity index (χ2n) is 6.92. The van der Waals surface area contributed by atoms with Gasteiger partial charge in [0, 0.05) is 12.6 Å². The Hall–Kier alpha value is -1.38. The minimum atomic E-state index is 0.404. The fourth-order valence-electron chi connectivity index (χ4n) is 3.78. The van der Waals surface area contributed by atoms with Crippen molar-refractivity contribution < 1.29 is 4.74 Å². The Morgan fingerprint density at radius 2 is 2.00 bits per heavy atom. The molecule has 1 saturated carbocycles. The number of nitrogens with zero attached hydrogens (tertiary/aromatic N) is 2. The Morgan fingerprint density at radius 1 is 1.24 bits per heavy atom. The zero-order valence-corrected chi connectivity index (χ0v) is 16.3. The van der Waals surface area contributed by atoms with Gasteiger partial charge in [0.15, 0.2) is 0 Å². The normalized spacial score (nSPS) is 16.7. The molecule has 1 aromatic carbocycles. The molecule has 1 heterocycles. The van der Waals surface area contributed by atoms with Gasteiger partial charge >= 0.3 is 0 Å². The molecule has 0 bridgehead atoms. The summed E-state index contributed by atoms with van der Waals surface area (Å²) in [7, 11) is 4.88. The zero-order chi connectivity index (χ0) is 17.5. The van der Waals surface area contributed by atoms with E-state index in [1.165, 1.54) is 37.7 Å². The van der Waals surface area contributed by atoms with Crippen molar-refractivity contribution >= 4 is 9.24 Å². The smallest absolute Gasteiger partial charge is 0.212 e. The van der Waals surface area contributed by atoms with Crippen LogP contribution in [0.5, 0.6) is 5.88 Å². The fourth-order valence-corrected chi connectivity index (χ4v) is 4.37.